The number of hydrogen-bond donors (Lipinski definition) is 2. The molecule has 3 nitrogen and oxygen atoms in total. The van der Waals surface area contributed by atoms with Crippen molar-refractivity contribution < 1.29 is 5.11 Å². The Morgan fingerprint density at radius 2 is 2.11 bits per heavy atom. The minimum absolute atomic E-state index is 0.472. The molecular formula is C16H26N2O. The monoisotopic (exact) mass is 262 g/mol. The van der Waals surface area contributed by atoms with Crippen LogP contribution in [0.25, 0.3) is 0 Å². The molecule has 1 aromatic rings. The molecule has 0 saturated heterocycles. The molecule has 0 bridgehead atoms. The van der Waals surface area contributed by atoms with Gasteiger partial charge in [-0.05, 0) is 44.9 Å². The summed E-state index contributed by atoms with van der Waals surface area (Å²) < 4.78 is 0. The molecule has 0 aliphatic carbocycles. The fourth-order valence-electron chi connectivity index (χ4n) is 2.73. The van der Waals surface area contributed by atoms with Gasteiger partial charge in [-0.25, -0.2) is 0 Å². The number of aliphatic hydroxyl groups is 1. The number of para-hydroxylation sites is 1. The Bertz CT molecular complexity index is 411. The topological polar surface area (TPSA) is 35.5 Å². The molecule has 0 spiro atoms. The van der Waals surface area contributed by atoms with Crippen molar-refractivity contribution >= 4 is 5.69 Å². The lowest BCUT2D eigenvalue weighted by molar-refractivity contribution is 0.0729. The van der Waals surface area contributed by atoms with Crippen molar-refractivity contribution in [1.82, 2.24) is 5.32 Å². The molecule has 0 fully saturated rings. The summed E-state index contributed by atoms with van der Waals surface area (Å²) >= 11 is 0. The lowest BCUT2D eigenvalue weighted by atomic mass is 9.95. The number of fused-ring (bicyclic) bond motifs is 1. The Morgan fingerprint density at radius 3 is 2.79 bits per heavy atom. The van der Waals surface area contributed by atoms with Gasteiger partial charge in [0.1, 0.15) is 0 Å². The van der Waals surface area contributed by atoms with Crippen molar-refractivity contribution in [1.29, 1.82) is 0 Å². The Balaban J connectivity index is 2.13. The summed E-state index contributed by atoms with van der Waals surface area (Å²) in [5.41, 5.74) is 2.13. The van der Waals surface area contributed by atoms with Gasteiger partial charge < -0.3 is 15.3 Å². The van der Waals surface area contributed by atoms with Gasteiger partial charge in [-0.3, -0.25) is 0 Å². The van der Waals surface area contributed by atoms with Gasteiger partial charge in [0, 0.05) is 24.8 Å². The van der Waals surface area contributed by atoms with E-state index in [1.54, 1.807) is 0 Å². The highest BCUT2D eigenvalue weighted by Gasteiger charge is 2.25. The van der Waals surface area contributed by atoms with Crippen molar-refractivity contribution in [2.24, 2.45) is 0 Å². The maximum absolute atomic E-state index is 9.89. The molecule has 0 aromatic heterocycles. The Kier molecular flexibility index (Phi) is 4.48. The second kappa shape index (κ2) is 5.93. The number of rotatable bonds is 5. The van der Waals surface area contributed by atoms with Crippen molar-refractivity contribution in [3.63, 3.8) is 0 Å². The van der Waals surface area contributed by atoms with Crippen molar-refractivity contribution in [2.45, 2.75) is 45.3 Å². The van der Waals surface area contributed by atoms with Crippen molar-refractivity contribution in [3.05, 3.63) is 29.8 Å². The molecule has 106 valence electrons. The molecule has 1 aliphatic heterocycles. The summed E-state index contributed by atoms with van der Waals surface area (Å²) in [6, 6.07) is 9.11. The van der Waals surface area contributed by atoms with E-state index in [0.717, 1.165) is 32.5 Å². The van der Waals surface area contributed by atoms with Crippen LogP contribution in [-0.2, 0) is 0 Å². The van der Waals surface area contributed by atoms with Crippen molar-refractivity contribution in [2.75, 3.05) is 24.5 Å². The van der Waals surface area contributed by atoms with E-state index >= 15 is 0 Å². The van der Waals surface area contributed by atoms with Gasteiger partial charge in [0.25, 0.3) is 0 Å². The lowest BCUT2D eigenvalue weighted by Gasteiger charge is -2.37. The minimum atomic E-state index is -0.590. The fraction of sp³-hybridized carbons (Fsp3) is 0.625. The first kappa shape index (κ1) is 14.4. The molecule has 0 radical (unpaired) electrons. The third-order valence-electron chi connectivity index (χ3n) is 3.78. The first-order chi connectivity index (χ1) is 9.01. The van der Waals surface area contributed by atoms with Crippen LogP contribution in [0.1, 0.15) is 45.2 Å². The summed E-state index contributed by atoms with van der Waals surface area (Å²) in [7, 11) is 0. The van der Waals surface area contributed by atoms with E-state index in [0.29, 0.717) is 6.04 Å². The molecular weight excluding hydrogens is 236 g/mol. The minimum Gasteiger partial charge on any atom is -0.390 e. The van der Waals surface area contributed by atoms with Crippen LogP contribution < -0.4 is 10.2 Å². The highest BCUT2D eigenvalue weighted by atomic mass is 16.3. The average molecular weight is 262 g/mol. The van der Waals surface area contributed by atoms with Crippen LogP contribution >= 0.6 is 0 Å². The standard InChI is InChI=1S/C16H26N2O/c1-4-17-14-9-11-18(12-10-16(2,3)19)15-8-6-5-7-13(14)15/h5-8,14,17,19H,4,9-12H2,1-3H3. The predicted molar refractivity (Wildman–Crippen MR) is 80.6 cm³/mol. The van der Waals surface area contributed by atoms with Gasteiger partial charge in [0.05, 0.1) is 5.60 Å². The van der Waals surface area contributed by atoms with E-state index in [1.807, 2.05) is 13.8 Å². The normalized spacial score (nSPS) is 19.4. The summed E-state index contributed by atoms with van der Waals surface area (Å²) in [5, 5.41) is 13.5. The largest absolute Gasteiger partial charge is 0.390 e. The molecule has 19 heavy (non-hydrogen) atoms. The Morgan fingerprint density at radius 1 is 1.37 bits per heavy atom. The van der Waals surface area contributed by atoms with Gasteiger partial charge in [0.15, 0.2) is 0 Å². The number of nitrogens with one attached hydrogen (secondary N) is 1. The van der Waals surface area contributed by atoms with Gasteiger partial charge in [0.2, 0.25) is 0 Å². The van der Waals surface area contributed by atoms with Crippen LogP contribution in [-0.4, -0.2) is 30.3 Å². The van der Waals surface area contributed by atoms with Gasteiger partial charge in [-0.15, -0.1) is 0 Å². The zero-order valence-corrected chi connectivity index (χ0v) is 12.3. The third kappa shape index (κ3) is 3.71. The van der Waals surface area contributed by atoms with E-state index in [4.69, 9.17) is 0 Å². The van der Waals surface area contributed by atoms with Crippen LogP contribution in [0.3, 0.4) is 0 Å². The number of anilines is 1. The highest BCUT2D eigenvalue weighted by molar-refractivity contribution is 5.57. The molecule has 3 heteroatoms. The lowest BCUT2D eigenvalue weighted by Crippen LogP contribution is -2.38. The maximum atomic E-state index is 9.89. The molecule has 2 N–H and O–H groups in total. The Labute approximate surface area is 116 Å². The first-order valence-electron chi connectivity index (χ1n) is 7.31. The zero-order valence-electron chi connectivity index (χ0n) is 12.3. The van der Waals surface area contributed by atoms with Crippen molar-refractivity contribution in [3.8, 4) is 0 Å². The van der Waals surface area contributed by atoms with Gasteiger partial charge >= 0.3 is 0 Å². The van der Waals surface area contributed by atoms with Crippen LogP contribution in [0, 0.1) is 0 Å². The van der Waals surface area contributed by atoms with E-state index in [9.17, 15) is 5.11 Å². The highest BCUT2D eigenvalue weighted by Crippen LogP contribution is 2.33. The quantitative estimate of drug-likeness (QED) is 0.856. The van der Waals surface area contributed by atoms with Gasteiger partial charge in [-0.2, -0.15) is 0 Å². The molecule has 1 aromatic carbocycles. The maximum Gasteiger partial charge on any atom is 0.0608 e. The smallest absolute Gasteiger partial charge is 0.0608 e. The van der Waals surface area contributed by atoms with E-state index < -0.39 is 5.60 Å². The second-order valence-corrected chi connectivity index (χ2v) is 6.01. The van der Waals surface area contributed by atoms with E-state index in [-0.39, 0.29) is 0 Å². The fourth-order valence-corrected chi connectivity index (χ4v) is 2.73. The number of nitrogens with zero attached hydrogens (tertiary/aromatic N) is 1. The molecule has 0 amide bonds. The van der Waals surface area contributed by atoms with Crippen LogP contribution in [0.15, 0.2) is 24.3 Å². The van der Waals surface area contributed by atoms with Crippen LogP contribution in [0.4, 0.5) is 5.69 Å². The molecule has 2 rings (SSSR count). The third-order valence-corrected chi connectivity index (χ3v) is 3.78. The van der Waals surface area contributed by atoms with Crippen LogP contribution in [0.5, 0.6) is 0 Å². The second-order valence-electron chi connectivity index (χ2n) is 6.01. The summed E-state index contributed by atoms with van der Waals surface area (Å²) in [6.07, 6.45) is 1.93. The summed E-state index contributed by atoms with van der Waals surface area (Å²) in [4.78, 5) is 2.40. The number of hydrogen-bond acceptors (Lipinski definition) is 3. The zero-order chi connectivity index (χ0) is 13.9. The SMILES string of the molecule is CCNC1CCN(CCC(C)(C)O)c2ccccc21. The van der Waals surface area contributed by atoms with E-state index in [1.165, 1.54) is 11.3 Å². The molecule has 1 unspecified atom stereocenters. The Hall–Kier alpha value is -1.06. The summed E-state index contributed by atoms with van der Waals surface area (Å²) in [5.74, 6) is 0. The van der Waals surface area contributed by atoms with Gasteiger partial charge in [-0.1, -0.05) is 25.1 Å². The average Bonchev–Trinajstić information content (AvgIpc) is 2.37. The number of benzene rings is 1. The predicted octanol–water partition coefficient (Wildman–Crippen LogP) is 2.71. The molecule has 1 aliphatic rings. The molecule has 0 saturated carbocycles. The molecule has 1 heterocycles. The summed E-state index contributed by atoms with van der Waals surface area (Å²) in [6.45, 7) is 8.89. The first-order valence-corrected chi connectivity index (χ1v) is 7.31. The molecule has 1 atom stereocenters. The van der Waals surface area contributed by atoms with E-state index in [2.05, 4.69) is 41.4 Å². The van der Waals surface area contributed by atoms with Crippen LogP contribution in [0.2, 0.25) is 0 Å².